The second kappa shape index (κ2) is 9.69. The van der Waals surface area contributed by atoms with Gasteiger partial charge in [-0.25, -0.2) is 12.8 Å². The second-order valence-corrected chi connectivity index (χ2v) is 9.27. The van der Waals surface area contributed by atoms with Crippen molar-refractivity contribution in [2.24, 2.45) is 5.92 Å². The number of ether oxygens (including phenoxy) is 1. The fourth-order valence-corrected chi connectivity index (χ4v) is 4.71. The van der Waals surface area contributed by atoms with E-state index in [-0.39, 0.29) is 29.7 Å². The highest BCUT2D eigenvalue weighted by atomic mass is 35.5. The standard InChI is InChI=1S/C20H25ClFNO4S/c1-14(2)10-17(13-24)23(12-15-4-9-20(27-3)19(22)11-15)28(25,26)18-7-5-16(21)6-8-18/h4-9,11,14,17,24H,10,12-13H2,1-3H3/t17-/m1/s1. The van der Waals surface area contributed by atoms with E-state index >= 15 is 0 Å². The van der Waals surface area contributed by atoms with E-state index in [0.29, 0.717) is 17.0 Å². The molecule has 2 aromatic carbocycles. The third kappa shape index (κ3) is 5.44. The second-order valence-electron chi connectivity index (χ2n) is 6.94. The normalized spacial score (nSPS) is 13.1. The zero-order valence-corrected chi connectivity index (χ0v) is 17.7. The van der Waals surface area contributed by atoms with Gasteiger partial charge in [0.1, 0.15) is 0 Å². The van der Waals surface area contributed by atoms with E-state index in [9.17, 15) is 17.9 Å². The first-order valence-electron chi connectivity index (χ1n) is 8.89. The van der Waals surface area contributed by atoms with Crippen LogP contribution in [-0.2, 0) is 16.6 Å². The maximum Gasteiger partial charge on any atom is 0.243 e. The van der Waals surface area contributed by atoms with E-state index in [1.807, 2.05) is 13.8 Å². The number of aliphatic hydroxyl groups excluding tert-OH is 1. The Kier molecular flexibility index (Phi) is 7.83. The SMILES string of the molecule is COc1ccc(CN([C@@H](CO)CC(C)C)S(=O)(=O)c2ccc(Cl)cc2)cc1F. The van der Waals surface area contributed by atoms with Crippen LogP contribution in [0, 0.1) is 11.7 Å². The molecule has 1 atom stereocenters. The molecule has 0 heterocycles. The van der Waals surface area contributed by atoms with Crippen molar-refractivity contribution in [1.29, 1.82) is 0 Å². The van der Waals surface area contributed by atoms with Crippen molar-refractivity contribution in [3.63, 3.8) is 0 Å². The van der Waals surface area contributed by atoms with Crippen LogP contribution in [0.1, 0.15) is 25.8 Å². The summed E-state index contributed by atoms with van der Waals surface area (Å²) in [6.45, 7) is 3.47. The van der Waals surface area contributed by atoms with Gasteiger partial charge < -0.3 is 9.84 Å². The molecule has 0 unspecified atom stereocenters. The maximum absolute atomic E-state index is 14.1. The van der Waals surface area contributed by atoms with Crippen LogP contribution in [0.3, 0.4) is 0 Å². The van der Waals surface area contributed by atoms with Crippen LogP contribution in [0.2, 0.25) is 5.02 Å². The molecule has 0 saturated heterocycles. The van der Waals surface area contributed by atoms with Crippen LogP contribution in [0.4, 0.5) is 4.39 Å². The molecule has 8 heteroatoms. The zero-order chi connectivity index (χ0) is 20.9. The van der Waals surface area contributed by atoms with Gasteiger partial charge in [-0.1, -0.05) is 31.5 Å². The molecule has 0 saturated carbocycles. The summed E-state index contributed by atoms with van der Waals surface area (Å²) in [5, 5.41) is 10.3. The Bertz CT molecular complexity index is 888. The lowest BCUT2D eigenvalue weighted by Crippen LogP contribution is -2.42. The minimum atomic E-state index is -3.94. The first kappa shape index (κ1) is 22.6. The van der Waals surface area contributed by atoms with Crippen LogP contribution < -0.4 is 4.74 Å². The smallest absolute Gasteiger partial charge is 0.243 e. The lowest BCUT2D eigenvalue weighted by molar-refractivity contribution is 0.164. The summed E-state index contributed by atoms with van der Waals surface area (Å²) in [7, 11) is -2.58. The van der Waals surface area contributed by atoms with Crippen molar-refractivity contribution in [1.82, 2.24) is 4.31 Å². The molecule has 0 spiro atoms. The van der Waals surface area contributed by atoms with E-state index in [1.54, 1.807) is 6.07 Å². The Hall–Kier alpha value is -1.67. The van der Waals surface area contributed by atoms with Gasteiger partial charge in [0.05, 0.1) is 18.6 Å². The van der Waals surface area contributed by atoms with Crippen molar-refractivity contribution < 1.29 is 22.7 Å². The molecule has 0 aromatic heterocycles. The molecule has 0 aliphatic carbocycles. The molecule has 0 amide bonds. The topological polar surface area (TPSA) is 66.8 Å². The highest BCUT2D eigenvalue weighted by Gasteiger charge is 2.32. The highest BCUT2D eigenvalue weighted by molar-refractivity contribution is 7.89. The average Bonchev–Trinajstić information content (AvgIpc) is 2.64. The number of methoxy groups -OCH3 is 1. The maximum atomic E-state index is 14.1. The Balaban J connectivity index is 2.46. The van der Waals surface area contributed by atoms with Gasteiger partial charge in [-0.3, -0.25) is 0 Å². The Morgan fingerprint density at radius 1 is 1.18 bits per heavy atom. The molecule has 5 nitrogen and oxygen atoms in total. The van der Waals surface area contributed by atoms with Crippen LogP contribution in [0.5, 0.6) is 5.75 Å². The van der Waals surface area contributed by atoms with E-state index in [0.717, 1.165) is 0 Å². The monoisotopic (exact) mass is 429 g/mol. The van der Waals surface area contributed by atoms with Gasteiger partial charge in [0.25, 0.3) is 0 Å². The molecule has 0 aliphatic rings. The van der Waals surface area contributed by atoms with E-state index in [1.165, 1.54) is 47.8 Å². The Morgan fingerprint density at radius 2 is 1.82 bits per heavy atom. The zero-order valence-electron chi connectivity index (χ0n) is 16.1. The summed E-state index contributed by atoms with van der Waals surface area (Å²) in [5.41, 5.74) is 0.457. The summed E-state index contributed by atoms with van der Waals surface area (Å²) < 4.78 is 46.8. The van der Waals surface area contributed by atoms with Crippen LogP contribution >= 0.6 is 11.6 Å². The molecule has 0 aliphatic heterocycles. The van der Waals surface area contributed by atoms with Gasteiger partial charge in [-0.05, 0) is 54.3 Å². The predicted molar refractivity (Wildman–Crippen MR) is 107 cm³/mol. The molecular formula is C20H25ClFNO4S. The molecule has 2 aromatic rings. The van der Waals surface area contributed by atoms with Crippen LogP contribution in [-0.4, -0.2) is 37.6 Å². The lowest BCUT2D eigenvalue weighted by Gasteiger charge is -2.31. The molecule has 0 bridgehead atoms. The highest BCUT2D eigenvalue weighted by Crippen LogP contribution is 2.27. The third-order valence-electron chi connectivity index (χ3n) is 4.34. The van der Waals surface area contributed by atoms with E-state index in [4.69, 9.17) is 16.3 Å². The minimum Gasteiger partial charge on any atom is -0.494 e. The van der Waals surface area contributed by atoms with E-state index < -0.39 is 21.9 Å². The number of aliphatic hydroxyl groups is 1. The molecule has 1 N–H and O–H groups in total. The van der Waals surface area contributed by atoms with Gasteiger partial charge in [0, 0.05) is 17.6 Å². The first-order valence-corrected chi connectivity index (χ1v) is 10.7. The summed E-state index contributed by atoms with van der Waals surface area (Å²) in [4.78, 5) is 0.0630. The number of nitrogens with zero attached hydrogens (tertiary/aromatic N) is 1. The van der Waals surface area contributed by atoms with Gasteiger partial charge in [-0.2, -0.15) is 4.31 Å². The molecule has 2 rings (SSSR count). The van der Waals surface area contributed by atoms with Gasteiger partial charge in [-0.15, -0.1) is 0 Å². The summed E-state index contributed by atoms with van der Waals surface area (Å²) >= 11 is 5.87. The van der Waals surface area contributed by atoms with Crippen molar-refractivity contribution in [2.75, 3.05) is 13.7 Å². The average molecular weight is 430 g/mol. The predicted octanol–water partition coefficient (Wildman–Crippen LogP) is 4.09. The van der Waals surface area contributed by atoms with Gasteiger partial charge in [0.2, 0.25) is 10.0 Å². The number of benzene rings is 2. The molecule has 0 radical (unpaired) electrons. The lowest BCUT2D eigenvalue weighted by atomic mass is 10.0. The number of rotatable bonds is 9. The van der Waals surface area contributed by atoms with Crippen molar-refractivity contribution in [3.05, 3.63) is 58.9 Å². The van der Waals surface area contributed by atoms with Crippen LogP contribution in [0.15, 0.2) is 47.4 Å². The Labute approximate surface area is 170 Å². The van der Waals surface area contributed by atoms with Crippen molar-refractivity contribution in [3.8, 4) is 5.75 Å². The summed E-state index contributed by atoms with van der Waals surface area (Å²) in [6.07, 6.45) is 0.460. The first-order chi connectivity index (χ1) is 13.2. The van der Waals surface area contributed by atoms with Crippen molar-refractivity contribution in [2.45, 2.75) is 37.8 Å². The molecule has 0 fully saturated rings. The largest absolute Gasteiger partial charge is 0.494 e. The summed E-state index contributed by atoms with van der Waals surface area (Å²) in [6, 6.07) is 9.49. The number of hydrogen-bond donors (Lipinski definition) is 1. The molecular weight excluding hydrogens is 405 g/mol. The van der Waals surface area contributed by atoms with Crippen molar-refractivity contribution >= 4 is 21.6 Å². The minimum absolute atomic E-state index is 0.0630. The Morgan fingerprint density at radius 3 is 2.32 bits per heavy atom. The third-order valence-corrected chi connectivity index (χ3v) is 6.50. The number of halogens is 2. The quantitative estimate of drug-likeness (QED) is 0.652. The number of hydrogen-bond acceptors (Lipinski definition) is 4. The fourth-order valence-electron chi connectivity index (χ4n) is 2.97. The number of sulfonamides is 1. The fraction of sp³-hybridized carbons (Fsp3) is 0.400. The summed E-state index contributed by atoms with van der Waals surface area (Å²) in [5.74, 6) is -0.335. The molecule has 154 valence electrons. The van der Waals surface area contributed by atoms with Crippen LogP contribution in [0.25, 0.3) is 0 Å². The van der Waals surface area contributed by atoms with E-state index in [2.05, 4.69) is 0 Å². The molecule has 28 heavy (non-hydrogen) atoms. The van der Waals surface area contributed by atoms with Gasteiger partial charge >= 0.3 is 0 Å². The van der Waals surface area contributed by atoms with Gasteiger partial charge in [0.15, 0.2) is 11.6 Å².